The summed E-state index contributed by atoms with van der Waals surface area (Å²) < 4.78 is 15.2. The van der Waals surface area contributed by atoms with Gasteiger partial charge in [-0.25, -0.2) is 0 Å². The fourth-order valence-electron chi connectivity index (χ4n) is 2.19. The van der Waals surface area contributed by atoms with Crippen molar-refractivity contribution in [2.24, 2.45) is 5.92 Å². The SMILES string of the molecule is CC1=CC(=O)C(C(=O)/C=C/c2ccc3c(c2)OCO3)C(=O)O1. The maximum absolute atomic E-state index is 12.0. The molecule has 0 aromatic heterocycles. The highest BCUT2D eigenvalue weighted by Crippen LogP contribution is 2.32. The van der Waals surface area contributed by atoms with Gasteiger partial charge in [0.25, 0.3) is 0 Å². The predicted octanol–water partition coefficient (Wildman–Crippen LogP) is 1.64. The van der Waals surface area contributed by atoms with Crippen molar-refractivity contribution in [1.29, 1.82) is 0 Å². The third-order valence-electron chi connectivity index (χ3n) is 3.25. The molecule has 0 saturated carbocycles. The van der Waals surface area contributed by atoms with Gasteiger partial charge in [0.2, 0.25) is 6.79 Å². The van der Waals surface area contributed by atoms with Crippen molar-refractivity contribution in [3.05, 3.63) is 41.7 Å². The zero-order chi connectivity index (χ0) is 15.7. The summed E-state index contributed by atoms with van der Waals surface area (Å²) in [5, 5.41) is 0. The Morgan fingerprint density at radius 1 is 1.23 bits per heavy atom. The molecule has 2 aliphatic heterocycles. The van der Waals surface area contributed by atoms with Gasteiger partial charge in [-0.2, -0.15) is 0 Å². The van der Waals surface area contributed by atoms with Crippen molar-refractivity contribution in [1.82, 2.24) is 0 Å². The van der Waals surface area contributed by atoms with Crippen LogP contribution in [0, 0.1) is 5.92 Å². The second kappa shape index (κ2) is 5.48. The van der Waals surface area contributed by atoms with Gasteiger partial charge in [-0.15, -0.1) is 0 Å². The van der Waals surface area contributed by atoms with Crippen LogP contribution in [0.3, 0.4) is 0 Å². The van der Waals surface area contributed by atoms with Crippen molar-refractivity contribution in [2.75, 3.05) is 6.79 Å². The lowest BCUT2D eigenvalue weighted by atomic mass is 9.96. The molecule has 1 atom stereocenters. The lowest BCUT2D eigenvalue weighted by Crippen LogP contribution is -2.34. The maximum atomic E-state index is 12.0. The van der Waals surface area contributed by atoms with Gasteiger partial charge in [-0.1, -0.05) is 12.1 Å². The molecule has 2 heterocycles. The van der Waals surface area contributed by atoms with Gasteiger partial charge in [0, 0.05) is 6.08 Å². The van der Waals surface area contributed by atoms with Gasteiger partial charge in [-0.3, -0.25) is 14.4 Å². The van der Waals surface area contributed by atoms with Crippen molar-refractivity contribution in [2.45, 2.75) is 6.92 Å². The number of cyclic esters (lactones) is 1. The number of ether oxygens (including phenoxy) is 3. The Morgan fingerprint density at radius 3 is 2.77 bits per heavy atom. The lowest BCUT2D eigenvalue weighted by molar-refractivity contribution is -0.151. The van der Waals surface area contributed by atoms with Crippen molar-refractivity contribution >= 4 is 23.6 Å². The average Bonchev–Trinajstić information content (AvgIpc) is 2.91. The van der Waals surface area contributed by atoms with Crippen LogP contribution in [-0.4, -0.2) is 24.3 Å². The van der Waals surface area contributed by atoms with E-state index < -0.39 is 23.5 Å². The van der Waals surface area contributed by atoms with Gasteiger partial charge in [0.15, 0.2) is 29.0 Å². The molecule has 0 fully saturated rings. The summed E-state index contributed by atoms with van der Waals surface area (Å²) in [6, 6.07) is 5.16. The topological polar surface area (TPSA) is 78.9 Å². The van der Waals surface area contributed by atoms with Crippen LogP contribution in [0.4, 0.5) is 0 Å². The number of esters is 1. The lowest BCUT2D eigenvalue weighted by Gasteiger charge is -2.15. The third kappa shape index (κ3) is 2.63. The number of rotatable bonds is 3. The second-order valence-corrected chi connectivity index (χ2v) is 4.86. The van der Waals surface area contributed by atoms with Crippen LogP contribution in [0.15, 0.2) is 36.1 Å². The number of allylic oxidation sites excluding steroid dienone is 3. The van der Waals surface area contributed by atoms with Crippen molar-refractivity contribution in [3.63, 3.8) is 0 Å². The van der Waals surface area contributed by atoms with E-state index in [2.05, 4.69) is 0 Å². The number of carbonyl (C=O) groups is 3. The molecule has 0 radical (unpaired) electrons. The Balaban J connectivity index is 1.76. The molecule has 0 amide bonds. The van der Waals surface area contributed by atoms with E-state index in [4.69, 9.17) is 14.2 Å². The van der Waals surface area contributed by atoms with Gasteiger partial charge in [0.1, 0.15) is 5.76 Å². The average molecular weight is 300 g/mol. The van der Waals surface area contributed by atoms with Crippen LogP contribution in [0.5, 0.6) is 11.5 Å². The summed E-state index contributed by atoms with van der Waals surface area (Å²) >= 11 is 0. The standard InChI is InChI=1S/C16H12O6/c1-9-6-12(18)15(16(19)22-9)11(17)4-2-10-3-5-13-14(7-10)21-8-20-13/h2-7,15H,8H2,1H3/b4-2+. The fraction of sp³-hybridized carbons (Fsp3) is 0.188. The highest BCUT2D eigenvalue weighted by molar-refractivity contribution is 6.25. The molecule has 112 valence electrons. The van der Waals surface area contributed by atoms with Crippen molar-refractivity contribution in [3.8, 4) is 11.5 Å². The van der Waals surface area contributed by atoms with E-state index in [1.807, 2.05) is 0 Å². The van der Waals surface area contributed by atoms with E-state index in [1.165, 1.54) is 19.1 Å². The number of benzene rings is 1. The minimum Gasteiger partial charge on any atom is -0.454 e. The number of carbonyl (C=O) groups excluding carboxylic acids is 3. The first-order valence-electron chi connectivity index (χ1n) is 6.60. The van der Waals surface area contributed by atoms with Crippen LogP contribution < -0.4 is 9.47 Å². The first kappa shape index (κ1) is 14.1. The third-order valence-corrected chi connectivity index (χ3v) is 3.25. The Kier molecular flexibility index (Phi) is 3.50. The second-order valence-electron chi connectivity index (χ2n) is 4.86. The molecule has 1 aromatic carbocycles. The Labute approximate surface area is 126 Å². The molecule has 22 heavy (non-hydrogen) atoms. The van der Waals surface area contributed by atoms with E-state index >= 15 is 0 Å². The van der Waals surface area contributed by atoms with E-state index in [1.54, 1.807) is 18.2 Å². The van der Waals surface area contributed by atoms with Gasteiger partial charge >= 0.3 is 5.97 Å². The summed E-state index contributed by atoms with van der Waals surface area (Å²) in [5.41, 5.74) is 0.695. The van der Waals surface area contributed by atoms with E-state index in [-0.39, 0.29) is 12.6 Å². The smallest absolute Gasteiger partial charge is 0.329 e. The minimum absolute atomic E-state index is 0.162. The molecule has 0 bridgehead atoms. The molecule has 6 heteroatoms. The minimum atomic E-state index is -1.42. The Morgan fingerprint density at radius 2 is 2.00 bits per heavy atom. The van der Waals surface area contributed by atoms with Crippen LogP contribution in [0.2, 0.25) is 0 Å². The Hall–Kier alpha value is -2.89. The molecule has 0 spiro atoms. The summed E-state index contributed by atoms with van der Waals surface area (Å²) in [6.45, 7) is 1.65. The first-order chi connectivity index (χ1) is 10.5. The summed E-state index contributed by atoms with van der Waals surface area (Å²) in [7, 11) is 0. The molecule has 2 aliphatic rings. The van der Waals surface area contributed by atoms with Crippen LogP contribution >= 0.6 is 0 Å². The van der Waals surface area contributed by atoms with Gasteiger partial charge in [-0.05, 0) is 30.7 Å². The predicted molar refractivity (Wildman–Crippen MR) is 75.0 cm³/mol. The fourth-order valence-corrected chi connectivity index (χ4v) is 2.19. The Bertz CT molecular complexity index is 728. The summed E-state index contributed by atoms with van der Waals surface area (Å²) in [5.74, 6) is -2.03. The van der Waals surface area contributed by atoms with E-state index in [0.717, 1.165) is 6.08 Å². The first-order valence-corrected chi connectivity index (χ1v) is 6.60. The van der Waals surface area contributed by atoms with Gasteiger partial charge < -0.3 is 14.2 Å². The van der Waals surface area contributed by atoms with Crippen molar-refractivity contribution < 1.29 is 28.6 Å². The van der Waals surface area contributed by atoms with E-state index in [0.29, 0.717) is 17.1 Å². The molecule has 1 unspecified atom stereocenters. The number of fused-ring (bicyclic) bond motifs is 1. The molecular weight excluding hydrogens is 288 g/mol. The number of hydrogen-bond donors (Lipinski definition) is 0. The molecule has 0 aliphatic carbocycles. The normalized spacial score (nSPS) is 20.0. The highest BCUT2D eigenvalue weighted by atomic mass is 16.7. The molecule has 0 saturated heterocycles. The maximum Gasteiger partial charge on any atom is 0.329 e. The monoisotopic (exact) mass is 300 g/mol. The zero-order valence-electron chi connectivity index (χ0n) is 11.7. The van der Waals surface area contributed by atoms with Crippen LogP contribution in [0.1, 0.15) is 12.5 Å². The molecule has 0 N–H and O–H groups in total. The zero-order valence-corrected chi connectivity index (χ0v) is 11.7. The molecular formula is C16H12O6. The van der Waals surface area contributed by atoms with Gasteiger partial charge in [0.05, 0.1) is 0 Å². The summed E-state index contributed by atoms with van der Waals surface area (Å²) in [6.07, 6.45) is 3.85. The van der Waals surface area contributed by atoms with Crippen LogP contribution in [-0.2, 0) is 19.1 Å². The molecule has 1 aromatic rings. The number of ketones is 2. The molecule has 6 nitrogen and oxygen atoms in total. The highest BCUT2D eigenvalue weighted by Gasteiger charge is 2.36. The summed E-state index contributed by atoms with van der Waals surface area (Å²) in [4.78, 5) is 35.4. The molecule has 3 rings (SSSR count). The number of hydrogen-bond acceptors (Lipinski definition) is 6. The largest absolute Gasteiger partial charge is 0.454 e. The quantitative estimate of drug-likeness (QED) is 0.480. The van der Waals surface area contributed by atoms with E-state index in [9.17, 15) is 14.4 Å². The van der Waals surface area contributed by atoms with Crippen LogP contribution in [0.25, 0.3) is 6.08 Å².